The molecule has 28 heavy (non-hydrogen) atoms. The maximum absolute atomic E-state index is 6.03. The first kappa shape index (κ1) is 20.6. The minimum Gasteiger partial charge on any atom is -0.351 e. The van der Waals surface area contributed by atoms with Crippen LogP contribution >= 0.6 is 35.6 Å². The minimum absolute atomic E-state index is 0. The van der Waals surface area contributed by atoms with Gasteiger partial charge in [-0.1, -0.05) is 11.6 Å². The molecule has 3 aromatic rings. The molecular formula is C18H22ClIN8. The lowest BCUT2D eigenvalue weighted by atomic mass is 10.3. The van der Waals surface area contributed by atoms with Crippen molar-refractivity contribution in [2.75, 3.05) is 38.1 Å². The first-order valence-corrected chi connectivity index (χ1v) is 9.21. The number of hydrogen-bond donors (Lipinski definition) is 1. The van der Waals surface area contributed by atoms with Crippen molar-refractivity contribution in [1.29, 1.82) is 0 Å². The van der Waals surface area contributed by atoms with E-state index >= 15 is 0 Å². The maximum atomic E-state index is 6.03. The third kappa shape index (κ3) is 4.64. The molecule has 3 aromatic heterocycles. The average Bonchev–Trinajstić information content (AvgIpc) is 3.11. The van der Waals surface area contributed by atoms with Crippen LogP contribution in [0.25, 0.3) is 5.65 Å². The van der Waals surface area contributed by atoms with Gasteiger partial charge in [0.1, 0.15) is 5.65 Å². The molecule has 0 unspecified atom stereocenters. The number of nitrogens with one attached hydrogen (secondary N) is 1. The molecule has 8 nitrogen and oxygen atoms in total. The number of hydrogen-bond acceptors (Lipinski definition) is 5. The molecule has 0 spiro atoms. The van der Waals surface area contributed by atoms with Gasteiger partial charge in [0.2, 0.25) is 5.95 Å². The molecule has 4 heterocycles. The molecular weight excluding hydrogens is 491 g/mol. The van der Waals surface area contributed by atoms with Crippen molar-refractivity contribution in [2.45, 2.75) is 6.54 Å². The Kier molecular flexibility index (Phi) is 6.89. The van der Waals surface area contributed by atoms with Gasteiger partial charge in [0.15, 0.2) is 5.96 Å². The lowest BCUT2D eigenvalue weighted by Gasteiger charge is -2.36. The highest BCUT2D eigenvalue weighted by Gasteiger charge is 2.21. The van der Waals surface area contributed by atoms with Crippen molar-refractivity contribution in [3.05, 3.63) is 53.7 Å². The number of piperazine rings is 1. The van der Waals surface area contributed by atoms with E-state index in [0.29, 0.717) is 11.6 Å². The fraction of sp³-hybridized carbons (Fsp3) is 0.333. The zero-order valence-corrected chi connectivity index (χ0v) is 18.6. The number of pyridine rings is 1. The highest BCUT2D eigenvalue weighted by atomic mass is 127. The van der Waals surface area contributed by atoms with Crippen LogP contribution in [0.5, 0.6) is 0 Å². The molecule has 1 saturated heterocycles. The summed E-state index contributed by atoms with van der Waals surface area (Å²) in [6.07, 6.45) is 7.38. The van der Waals surface area contributed by atoms with Crippen LogP contribution in [0, 0.1) is 0 Å². The molecule has 0 saturated carbocycles. The minimum atomic E-state index is 0. The number of guanidine groups is 1. The number of nitrogens with zero attached hydrogens (tertiary/aromatic N) is 7. The number of aromatic nitrogens is 4. The fourth-order valence-corrected chi connectivity index (χ4v) is 3.35. The number of aliphatic imine (C=N–C) groups is 1. The standard InChI is InChI=1S/C18H21ClN8.HI/c1-20-17(23-11-15-13-27-12-14(19)3-4-16(27)24-15)25-7-9-26(10-8-25)18-21-5-2-6-22-18;/h2-6,12-13H,7-11H2,1H3,(H,20,23);1H. The zero-order chi connectivity index (χ0) is 18.6. The van der Waals surface area contributed by atoms with Crippen molar-refractivity contribution in [1.82, 2.24) is 29.6 Å². The van der Waals surface area contributed by atoms with E-state index in [-0.39, 0.29) is 24.0 Å². The van der Waals surface area contributed by atoms with Gasteiger partial charge in [-0.3, -0.25) is 4.99 Å². The van der Waals surface area contributed by atoms with Gasteiger partial charge in [0.05, 0.1) is 17.3 Å². The third-order valence-corrected chi connectivity index (χ3v) is 4.74. The average molecular weight is 513 g/mol. The van der Waals surface area contributed by atoms with Crippen molar-refractivity contribution in [3.63, 3.8) is 0 Å². The number of fused-ring (bicyclic) bond motifs is 1. The number of rotatable bonds is 3. The van der Waals surface area contributed by atoms with E-state index < -0.39 is 0 Å². The second kappa shape index (κ2) is 9.37. The first-order valence-electron chi connectivity index (χ1n) is 8.83. The summed E-state index contributed by atoms with van der Waals surface area (Å²) in [4.78, 5) is 22.1. The largest absolute Gasteiger partial charge is 0.351 e. The van der Waals surface area contributed by atoms with Crippen molar-refractivity contribution in [3.8, 4) is 0 Å². The molecule has 0 bridgehead atoms. The Hall–Kier alpha value is -2.14. The van der Waals surface area contributed by atoms with Crippen LogP contribution in [0.2, 0.25) is 5.02 Å². The highest BCUT2D eigenvalue weighted by molar-refractivity contribution is 14.0. The third-order valence-electron chi connectivity index (χ3n) is 4.52. The van der Waals surface area contributed by atoms with Crippen molar-refractivity contribution in [2.24, 2.45) is 4.99 Å². The summed E-state index contributed by atoms with van der Waals surface area (Å²) in [6, 6.07) is 5.58. The van der Waals surface area contributed by atoms with E-state index in [9.17, 15) is 0 Å². The highest BCUT2D eigenvalue weighted by Crippen LogP contribution is 2.12. The Morgan fingerprint density at radius 1 is 1.14 bits per heavy atom. The SMILES string of the molecule is CN=C(NCc1cn2cc(Cl)ccc2n1)N1CCN(c2ncccn2)CC1.I. The normalized spacial score (nSPS) is 14.9. The number of anilines is 1. The van der Waals surface area contributed by atoms with Gasteiger partial charge in [0.25, 0.3) is 0 Å². The summed E-state index contributed by atoms with van der Waals surface area (Å²) in [7, 11) is 1.80. The van der Waals surface area contributed by atoms with Crippen LogP contribution in [0.1, 0.15) is 5.69 Å². The molecule has 0 amide bonds. The van der Waals surface area contributed by atoms with E-state index in [2.05, 4.69) is 35.1 Å². The molecule has 0 radical (unpaired) electrons. The van der Waals surface area contributed by atoms with Gasteiger partial charge in [-0.25, -0.2) is 15.0 Å². The Bertz CT molecular complexity index is 937. The van der Waals surface area contributed by atoms with Gasteiger partial charge in [-0.15, -0.1) is 24.0 Å². The van der Waals surface area contributed by atoms with Crippen LogP contribution < -0.4 is 10.2 Å². The van der Waals surface area contributed by atoms with Gasteiger partial charge >= 0.3 is 0 Å². The van der Waals surface area contributed by atoms with Gasteiger partial charge < -0.3 is 19.5 Å². The summed E-state index contributed by atoms with van der Waals surface area (Å²) in [6.45, 7) is 4.04. The number of imidazole rings is 1. The van der Waals surface area contributed by atoms with E-state index in [4.69, 9.17) is 11.6 Å². The smallest absolute Gasteiger partial charge is 0.225 e. The van der Waals surface area contributed by atoms with Crippen molar-refractivity contribution >= 4 is 53.1 Å². The molecule has 0 atom stereocenters. The molecule has 0 aliphatic carbocycles. The van der Waals surface area contributed by atoms with Crippen LogP contribution in [-0.2, 0) is 6.54 Å². The monoisotopic (exact) mass is 512 g/mol. The molecule has 1 aliphatic heterocycles. The quantitative estimate of drug-likeness (QED) is 0.330. The second-order valence-corrected chi connectivity index (χ2v) is 6.71. The molecule has 4 rings (SSSR count). The molecule has 148 valence electrons. The van der Waals surface area contributed by atoms with E-state index in [0.717, 1.165) is 49.4 Å². The summed E-state index contributed by atoms with van der Waals surface area (Å²) in [5.74, 6) is 1.65. The Labute approximate surface area is 185 Å². The Balaban J connectivity index is 0.00000225. The summed E-state index contributed by atoms with van der Waals surface area (Å²) >= 11 is 6.03. The fourth-order valence-electron chi connectivity index (χ4n) is 3.18. The number of halogens is 2. The predicted octanol–water partition coefficient (Wildman–Crippen LogP) is 2.29. The molecule has 1 aliphatic rings. The van der Waals surface area contributed by atoms with Crippen LogP contribution in [-0.4, -0.2) is 63.4 Å². The maximum Gasteiger partial charge on any atom is 0.225 e. The Morgan fingerprint density at radius 3 is 2.61 bits per heavy atom. The predicted molar refractivity (Wildman–Crippen MR) is 122 cm³/mol. The summed E-state index contributed by atoms with van der Waals surface area (Å²) in [5, 5.41) is 4.09. The van der Waals surface area contributed by atoms with Crippen LogP contribution in [0.15, 0.2) is 48.0 Å². The topological polar surface area (TPSA) is 74.0 Å². The summed E-state index contributed by atoms with van der Waals surface area (Å²) in [5.41, 5.74) is 1.82. The van der Waals surface area contributed by atoms with E-state index in [1.807, 2.05) is 35.0 Å². The first-order chi connectivity index (χ1) is 13.2. The Morgan fingerprint density at radius 2 is 1.89 bits per heavy atom. The lowest BCUT2D eigenvalue weighted by Crippen LogP contribution is -2.52. The van der Waals surface area contributed by atoms with E-state index in [1.165, 1.54) is 0 Å². The zero-order valence-electron chi connectivity index (χ0n) is 15.5. The van der Waals surface area contributed by atoms with Crippen molar-refractivity contribution < 1.29 is 0 Å². The van der Waals surface area contributed by atoms with E-state index in [1.54, 1.807) is 19.4 Å². The molecule has 1 fully saturated rings. The van der Waals surface area contributed by atoms with Crippen LogP contribution in [0.4, 0.5) is 5.95 Å². The second-order valence-electron chi connectivity index (χ2n) is 6.27. The van der Waals surface area contributed by atoms with Gasteiger partial charge in [-0.05, 0) is 18.2 Å². The van der Waals surface area contributed by atoms with Gasteiger partial charge in [0, 0.05) is 58.0 Å². The lowest BCUT2D eigenvalue weighted by molar-refractivity contribution is 0.370. The molecule has 1 N–H and O–H groups in total. The molecule has 10 heteroatoms. The summed E-state index contributed by atoms with van der Waals surface area (Å²) < 4.78 is 1.93. The van der Waals surface area contributed by atoms with Gasteiger partial charge in [-0.2, -0.15) is 0 Å². The van der Waals surface area contributed by atoms with Crippen LogP contribution in [0.3, 0.4) is 0 Å². The molecule has 0 aromatic carbocycles.